The first-order chi connectivity index (χ1) is 22.6. The molecule has 2 fully saturated rings. The third-order valence-electron chi connectivity index (χ3n) is 8.73. The van der Waals surface area contributed by atoms with Gasteiger partial charge in [0.1, 0.15) is 24.1 Å². The molecule has 0 radical (unpaired) electrons. The van der Waals surface area contributed by atoms with Crippen molar-refractivity contribution in [2.24, 2.45) is 0 Å². The van der Waals surface area contributed by atoms with Gasteiger partial charge in [-0.2, -0.15) is 9.97 Å². The van der Waals surface area contributed by atoms with Gasteiger partial charge in [0.05, 0.1) is 18.2 Å². The lowest BCUT2D eigenvalue weighted by Gasteiger charge is -2.17. The molecule has 47 heavy (non-hydrogen) atoms. The standard InChI is InChI=1S/C35H42N6O5Si/c1-22-36-28-12-10-23(18-30(28)45-22)26-20-41(21-44-16-17-47(3,4)5)32-31(26)33(46-25-8-6-7-9-25)39-35(38-32)37-27-13-11-24(19-29(27)43-2)34(42)40-14-15-40/h10-13,18-20,25H,6-9,14-17,21H2,1-5H3,(H,37,38,39). The number of anilines is 2. The Balaban J connectivity index is 1.32. The van der Waals surface area contributed by atoms with Gasteiger partial charge in [0.15, 0.2) is 17.1 Å². The summed E-state index contributed by atoms with van der Waals surface area (Å²) in [5.41, 5.74) is 5.34. The normalized spacial score (nSPS) is 15.1. The number of rotatable bonds is 12. The van der Waals surface area contributed by atoms with Gasteiger partial charge < -0.3 is 33.4 Å². The van der Waals surface area contributed by atoms with Gasteiger partial charge in [-0.15, -0.1) is 0 Å². The van der Waals surface area contributed by atoms with Crippen molar-refractivity contribution >= 4 is 47.7 Å². The molecule has 0 atom stereocenters. The quantitative estimate of drug-likeness (QED) is 0.0835. The number of hydrogen-bond donors (Lipinski definition) is 1. The van der Waals surface area contributed by atoms with E-state index in [1.165, 1.54) is 0 Å². The number of nitrogens with one attached hydrogen (secondary N) is 1. The molecule has 1 saturated heterocycles. The van der Waals surface area contributed by atoms with E-state index in [0.717, 1.165) is 72.4 Å². The molecule has 2 aliphatic rings. The highest BCUT2D eigenvalue weighted by molar-refractivity contribution is 6.76. The average molecular weight is 655 g/mol. The van der Waals surface area contributed by atoms with Crippen molar-refractivity contribution in [3.05, 3.63) is 54.0 Å². The molecule has 0 spiro atoms. The molecule has 5 aromatic rings. The molecule has 1 amide bonds. The van der Waals surface area contributed by atoms with E-state index in [1.807, 2.05) is 35.8 Å². The zero-order valence-corrected chi connectivity index (χ0v) is 28.8. The number of oxazole rings is 1. The zero-order chi connectivity index (χ0) is 32.7. The van der Waals surface area contributed by atoms with Crippen LogP contribution in [0.25, 0.3) is 33.3 Å². The van der Waals surface area contributed by atoms with Gasteiger partial charge in [-0.25, -0.2) is 4.98 Å². The second-order valence-electron chi connectivity index (χ2n) is 13.7. The lowest BCUT2D eigenvalue weighted by atomic mass is 10.1. The van der Waals surface area contributed by atoms with E-state index < -0.39 is 8.07 Å². The number of aromatic nitrogens is 4. The number of benzene rings is 2. The fourth-order valence-corrected chi connectivity index (χ4v) is 6.77. The Hall–Kier alpha value is -4.42. The molecule has 1 N–H and O–H groups in total. The van der Waals surface area contributed by atoms with Crippen LogP contribution < -0.4 is 14.8 Å². The van der Waals surface area contributed by atoms with Crippen LogP contribution in [0.4, 0.5) is 11.6 Å². The highest BCUT2D eigenvalue weighted by Gasteiger charge is 2.27. The molecular weight excluding hydrogens is 613 g/mol. The summed E-state index contributed by atoms with van der Waals surface area (Å²) >= 11 is 0. The maximum Gasteiger partial charge on any atom is 0.254 e. The van der Waals surface area contributed by atoms with Gasteiger partial charge in [-0.3, -0.25) is 4.79 Å². The summed E-state index contributed by atoms with van der Waals surface area (Å²) in [6, 6.07) is 12.5. The number of hydrogen-bond acceptors (Lipinski definition) is 9. The lowest BCUT2D eigenvalue weighted by Crippen LogP contribution is -2.22. The fraction of sp³-hybridized carbons (Fsp3) is 0.429. The molecule has 3 aromatic heterocycles. The van der Waals surface area contributed by atoms with Crippen LogP contribution in [0.3, 0.4) is 0 Å². The second-order valence-corrected chi connectivity index (χ2v) is 19.3. The van der Waals surface area contributed by atoms with Crippen molar-refractivity contribution in [3.8, 4) is 22.8 Å². The number of amides is 1. The van der Waals surface area contributed by atoms with Gasteiger partial charge in [0.2, 0.25) is 11.8 Å². The van der Waals surface area contributed by atoms with Crippen LogP contribution in [0.15, 0.2) is 47.0 Å². The maximum atomic E-state index is 12.7. The Kier molecular flexibility index (Phi) is 8.39. The van der Waals surface area contributed by atoms with Crippen molar-refractivity contribution in [1.29, 1.82) is 0 Å². The van der Waals surface area contributed by atoms with E-state index in [-0.39, 0.29) is 12.0 Å². The Bertz CT molecular complexity index is 1940. The van der Waals surface area contributed by atoms with Crippen LogP contribution >= 0.6 is 0 Å². The van der Waals surface area contributed by atoms with Gasteiger partial charge in [-0.05, 0) is 67.6 Å². The number of aryl methyl sites for hydroxylation is 1. The van der Waals surface area contributed by atoms with Crippen LogP contribution in [-0.4, -0.2) is 71.3 Å². The molecule has 1 aliphatic heterocycles. The topological polar surface area (TPSA) is 117 Å². The average Bonchev–Trinajstić information content (AvgIpc) is 3.44. The Labute approximate surface area is 275 Å². The lowest BCUT2D eigenvalue weighted by molar-refractivity contribution is 0.0884. The minimum Gasteiger partial charge on any atom is -0.495 e. The molecule has 4 heterocycles. The Morgan fingerprint density at radius 2 is 1.87 bits per heavy atom. The van der Waals surface area contributed by atoms with E-state index in [1.54, 1.807) is 24.1 Å². The van der Waals surface area contributed by atoms with Crippen LogP contribution in [0.5, 0.6) is 11.6 Å². The molecule has 2 aromatic carbocycles. The molecular formula is C35H42N6O5Si. The van der Waals surface area contributed by atoms with Crippen molar-refractivity contribution in [1.82, 2.24) is 24.4 Å². The Morgan fingerprint density at radius 1 is 1.06 bits per heavy atom. The molecule has 1 saturated carbocycles. The minimum absolute atomic E-state index is 0.00192. The van der Waals surface area contributed by atoms with E-state index in [0.29, 0.717) is 53.7 Å². The highest BCUT2D eigenvalue weighted by atomic mass is 28.3. The van der Waals surface area contributed by atoms with E-state index in [2.05, 4.69) is 36.1 Å². The van der Waals surface area contributed by atoms with Crippen LogP contribution in [-0.2, 0) is 11.5 Å². The molecule has 11 nitrogen and oxygen atoms in total. The van der Waals surface area contributed by atoms with Gasteiger partial charge in [-0.1, -0.05) is 25.7 Å². The second kappa shape index (κ2) is 12.6. The number of ether oxygens (including phenoxy) is 3. The molecule has 1 aliphatic carbocycles. The van der Waals surface area contributed by atoms with Gasteiger partial charge in [0.25, 0.3) is 5.91 Å². The number of methoxy groups -OCH3 is 1. The summed E-state index contributed by atoms with van der Waals surface area (Å²) in [5, 5.41) is 4.18. The van der Waals surface area contributed by atoms with Gasteiger partial charge >= 0.3 is 0 Å². The monoisotopic (exact) mass is 654 g/mol. The summed E-state index contributed by atoms with van der Waals surface area (Å²) in [7, 11) is 0.322. The van der Waals surface area contributed by atoms with Crippen LogP contribution in [0.2, 0.25) is 25.7 Å². The Morgan fingerprint density at radius 3 is 2.62 bits per heavy atom. The molecule has 7 rings (SSSR count). The number of carbonyl (C=O) groups is 1. The summed E-state index contributed by atoms with van der Waals surface area (Å²) in [5.74, 6) is 2.03. The third kappa shape index (κ3) is 6.84. The van der Waals surface area contributed by atoms with Crippen molar-refractivity contribution in [2.75, 3.05) is 32.1 Å². The number of nitrogens with zero attached hydrogens (tertiary/aromatic N) is 5. The van der Waals surface area contributed by atoms with E-state index in [4.69, 9.17) is 28.6 Å². The smallest absolute Gasteiger partial charge is 0.254 e. The van der Waals surface area contributed by atoms with Crippen LogP contribution in [0, 0.1) is 6.92 Å². The minimum atomic E-state index is -1.27. The predicted octanol–water partition coefficient (Wildman–Crippen LogP) is 7.39. The number of fused-ring (bicyclic) bond motifs is 2. The van der Waals surface area contributed by atoms with Crippen molar-refractivity contribution < 1.29 is 23.4 Å². The van der Waals surface area contributed by atoms with Crippen molar-refractivity contribution in [3.63, 3.8) is 0 Å². The largest absolute Gasteiger partial charge is 0.495 e. The molecule has 246 valence electrons. The predicted molar refractivity (Wildman–Crippen MR) is 184 cm³/mol. The van der Waals surface area contributed by atoms with Gasteiger partial charge in [0, 0.05) is 52.0 Å². The summed E-state index contributed by atoms with van der Waals surface area (Å²) in [4.78, 5) is 29.0. The first kappa shape index (κ1) is 31.2. The van der Waals surface area contributed by atoms with E-state index >= 15 is 0 Å². The summed E-state index contributed by atoms with van der Waals surface area (Å²) in [6.45, 7) is 11.5. The maximum absolute atomic E-state index is 12.7. The molecule has 0 bridgehead atoms. The fourth-order valence-electron chi connectivity index (χ4n) is 6.01. The first-order valence-electron chi connectivity index (χ1n) is 16.4. The van der Waals surface area contributed by atoms with Crippen LogP contribution in [0.1, 0.15) is 41.9 Å². The highest BCUT2D eigenvalue weighted by Crippen LogP contribution is 2.40. The number of carbonyl (C=O) groups excluding carboxylic acids is 1. The summed E-state index contributed by atoms with van der Waals surface area (Å²) in [6.07, 6.45) is 6.36. The first-order valence-corrected chi connectivity index (χ1v) is 20.1. The van der Waals surface area contributed by atoms with E-state index in [9.17, 15) is 4.79 Å². The third-order valence-corrected chi connectivity index (χ3v) is 10.4. The molecule has 0 unspecified atom stereocenters. The summed E-state index contributed by atoms with van der Waals surface area (Å²) < 4.78 is 26.6. The molecule has 12 heteroatoms. The zero-order valence-electron chi connectivity index (χ0n) is 27.8. The van der Waals surface area contributed by atoms with Crippen molar-refractivity contribution in [2.45, 2.75) is 71.1 Å². The SMILES string of the molecule is COc1cc(C(=O)N2CC2)ccc1Nc1nc(OC2CCCC2)c2c(-c3ccc4nc(C)oc4c3)cn(COCC[Si](C)(C)C)c2n1.